The second-order valence-corrected chi connectivity index (χ2v) is 5.71. The Hall–Kier alpha value is -1.70. The van der Waals surface area contributed by atoms with Gasteiger partial charge in [0, 0.05) is 6.20 Å². The number of nitrogens with zero attached hydrogens (tertiary/aromatic N) is 3. The lowest BCUT2D eigenvalue weighted by molar-refractivity contribution is -0.0938. The van der Waals surface area contributed by atoms with Gasteiger partial charge in [-0.05, 0) is 19.4 Å². The number of nitrogen functional groups attached to an aromatic ring is 1. The molecule has 7 nitrogen and oxygen atoms in total. The van der Waals surface area contributed by atoms with E-state index in [1.54, 1.807) is 23.8 Å². The average molecular weight is 292 g/mol. The Bertz CT molecular complexity index is 655. The molecule has 1 fully saturated rings. The SMILES string of the molecule is CCCC1OC(n2ccc3c(N)ncnc32)C(C)(O)C1O. The molecule has 2 aromatic rings. The highest BCUT2D eigenvalue weighted by Crippen LogP contribution is 2.41. The smallest absolute Gasteiger partial charge is 0.166 e. The molecule has 4 atom stereocenters. The molecule has 4 N–H and O–H groups in total. The summed E-state index contributed by atoms with van der Waals surface area (Å²) in [5, 5.41) is 21.6. The second kappa shape index (κ2) is 4.94. The van der Waals surface area contributed by atoms with E-state index in [1.165, 1.54) is 6.33 Å². The fourth-order valence-corrected chi connectivity index (χ4v) is 2.94. The maximum absolute atomic E-state index is 10.6. The first-order valence-electron chi connectivity index (χ1n) is 7.09. The summed E-state index contributed by atoms with van der Waals surface area (Å²) in [4.78, 5) is 8.15. The van der Waals surface area contributed by atoms with Crippen molar-refractivity contribution in [2.45, 2.75) is 50.7 Å². The predicted molar refractivity (Wildman–Crippen MR) is 77.4 cm³/mol. The van der Waals surface area contributed by atoms with Crippen molar-refractivity contribution >= 4 is 16.9 Å². The fraction of sp³-hybridized carbons (Fsp3) is 0.571. The van der Waals surface area contributed by atoms with E-state index in [2.05, 4.69) is 9.97 Å². The molecule has 1 aliphatic rings. The molecule has 114 valence electrons. The van der Waals surface area contributed by atoms with E-state index in [0.717, 1.165) is 6.42 Å². The molecule has 0 aliphatic carbocycles. The number of rotatable bonds is 3. The lowest BCUT2D eigenvalue weighted by Gasteiger charge is -2.27. The first kappa shape index (κ1) is 14.2. The molecule has 1 saturated heterocycles. The van der Waals surface area contributed by atoms with Gasteiger partial charge in [-0.2, -0.15) is 0 Å². The minimum atomic E-state index is -1.40. The van der Waals surface area contributed by atoms with Gasteiger partial charge in [0.05, 0.1) is 11.5 Å². The number of aliphatic hydroxyl groups is 2. The summed E-state index contributed by atoms with van der Waals surface area (Å²) in [7, 11) is 0. The van der Waals surface area contributed by atoms with Crippen LogP contribution in [-0.4, -0.2) is 42.6 Å². The van der Waals surface area contributed by atoms with Gasteiger partial charge in [0.25, 0.3) is 0 Å². The quantitative estimate of drug-likeness (QED) is 0.773. The van der Waals surface area contributed by atoms with Crippen molar-refractivity contribution in [3.63, 3.8) is 0 Å². The highest BCUT2D eigenvalue weighted by molar-refractivity contribution is 5.86. The van der Waals surface area contributed by atoms with Gasteiger partial charge in [-0.3, -0.25) is 0 Å². The van der Waals surface area contributed by atoms with E-state index in [4.69, 9.17) is 10.5 Å². The molecule has 1 aliphatic heterocycles. The maximum Gasteiger partial charge on any atom is 0.166 e. The third-order valence-electron chi connectivity index (χ3n) is 4.12. The molecule has 0 spiro atoms. The van der Waals surface area contributed by atoms with Gasteiger partial charge in [0.1, 0.15) is 29.5 Å². The molecule has 0 aromatic carbocycles. The number of aromatic nitrogens is 3. The van der Waals surface area contributed by atoms with Gasteiger partial charge in [0.2, 0.25) is 0 Å². The van der Waals surface area contributed by atoms with Crippen LogP contribution in [0.2, 0.25) is 0 Å². The van der Waals surface area contributed by atoms with Gasteiger partial charge in [-0.1, -0.05) is 13.3 Å². The van der Waals surface area contributed by atoms with Crippen LogP contribution in [-0.2, 0) is 4.74 Å². The predicted octanol–water partition coefficient (Wildman–Crippen LogP) is 0.823. The summed E-state index contributed by atoms with van der Waals surface area (Å²) >= 11 is 0. The highest BCUT2D eigenvalue weighted by Gasteiger charge is 2.52. The fourth-order valence-electron chi connectivity index (χ4n) is 2.94. The Balaban J connectivity index is 2.04. The number of aliphatic hydroxyl groups excluding tert-OH is 1. The lowest BCUT2D eigenvalue weighted by atomic mass is 9.94. The van der Waals surface area contributed by atoms with Crippen molar-refractivity contribution in [2.75, 3.05) is 5.73 Å². The topological polar surface area (TPSA) is 106 Å². The van der Waals surface area contributed by atoms with Crippen molar-refractivity contribution in [1.29, 1.82) is 0 Å². The van der Waals surface area contributed by atoms with Gasteiger partial charge in [-0.15, -0.1) is 0 Å². The van der Waals surface area contributed by atoms with Gasteiger partial charge in [0.15, 0.2) is 6.23 Å². The largest absolute Gasteiger partial charge is 0.387 e. The van der Waals surface area contributed by atoms with Crippen molar-refractivity contribution in [1.82, 2.24) is 14.5 Å². The number of hydrogen-bond acceptors (Lipinski definition) is 6. The molecule has 0 amide bonds. The summed E-state index contributed by atoms with van der Waals surface area (Å²) in [5.74, 6) is 0.377. The molecule has 4 unspecified atom stereocenters. The van der Waals surface area contributed by atoms with Crippen molar-refractivity contribution in [3.05, 3.63) is 18.6 Å². The standard InChI is InChI=1S/C14H20N4O3/c1-3-4-9-10(19)14(2,20)13(21-9)18-6-5-8-11(15)16-7-17-12(8)18/h5-7,9-10,13,19-20H,3-4H2,1-2H3,(H2,15,16,17). The minimum Gasteiger partial charge on any atom is -0.387 e. The molecule has 0 saturated carbocycles. The molecule has 3 rings (SSSR count). The van der Waals surface area contributed by atoms with Crippen molar-refractivity contribution < 1.29 is 14.9 Å². The van der Waals surface area contributed by atoms with E-state index >= 15 is 0 Å². The lowest BCUT2D eigenvalue weighted by Crippen LogP contribution is -2.43. The molecule has 2 aromatic heterocycles. The van der Waals surface area contributed by atoms with Crippen LogP contribution >= 0.6 is 0 Å². The third-order valence-corrected chi connectivity index (χ3v) is 4.12. The Morgan fingerprint density at radius 2 is 2.24 bits per heavy atom. The van der Waals surface area contributed by atoms with E-state index < -0.39 is 24.0 Å². The molecular weight excluding hydrogens is 272 g/mol. The van der Waals surface area contributed by atoms with Crippen LogP contribution in [0.15, 0.2) is 18.6 Å². The first-order valence-corrected chi connectivity index (χ1v) is 7.09. The number of hydrogen-bond donors (Lipinski definition) is 3. The normalized spacial score (nSPS) is 32.9. The van der Waals surface area contributed by atoms with Crippen molar-refractivity contribution in [3.8, 4) is 0 Å². The van der Waals surface area contributed by atoms with E-state index in [-0.39, 0.29) is 0 Å². The number of anilines is 1. The zero-order chi connectivity index (χ0) is 15.2. The van der Waals surface area contributed by atoms with E-state index in [0.29, 0.717) is 23.3 Å². The second-order valence-electron chi connectivity index (χ2n) is 5.71. The molecule has 21 heavy (non-hydrogen) atoms. The third kappa shape index (κ3) is 2.08. The monoisotopic (exact) mass is 292 g/mol. The summed E-state index contributed by atoms with van der Waals surface area (Å²) in [6.45, 7) is 3.59. The molecule has 7 heteroatoms. The summed E-state index contributed by atoms with van der Waals surface area (Å²) < 4.78 is 7.58. The molecule has 0 radical (unpaired) electrons. The maximum atomic E-state index is 10.6. The average Bonchev–Trinajstić information content (AvgIpc) is 2.95. The zero-order valence-electron chi connectivity index (χ0n) is 12.1. The summed E-state index contributed by atoms with van der Waals surface area (Å²) in [5.41, 5.74) is 5.00. The summed E-state index contributed by atoms with van der Waals surface area (Å²) in [6, 6.07) is 1.78. The Labute approximate surface area is 122 Å². The minimum absolute atomic E-state index is 0.377. The Morgan fingerprint density at radius 1 is 1.48 bits per heavy atom. The molecule has 0 bridgehead atoms. The highest BCUT2D eigenvalue weighted by atomic mass is 16.6. The van der Waals surface area contributed by atoms with E-state index in [1.807, 2.05) is 6.92 Å². The van der Waals surface area contributed by atoms with Gasteiger partial charge < -0.3 is 25.3 Å². The number of fused-ring (bicyclic) bond motifs is 1. The van der Waals surface area contributed by atoms with Crippen LogP contribution in [0.1, 0.15) is 32.9 Å². The molecular formula is C14H20N4O3. The Kier molecular flexibility index (Phi) is 3.35. The van der Waals surface area contributed by atoms with Crippen LogP contribution in [0.5, 0.6) is 0 Å². The van der Waals surface area contributed by atoms with Gasteiger partial charge >= 0.3 is 0 Å². The van der Waals surface area contributed by atoms with Crippen LogP contribution in [0, 0.1) is 0 Å². The Morgan fingerprint density at radius 3 is 2.95 bits per heavy atom. The summed E-state index contributed by atoms with van der Waals surface area (Å²) in [6.07, 6.45) is 2.62. The number of nitrogens with two attached hydrogens (primary N) is 1. The number of ether oxygens (including phenoxy) is 1. The van der Waals surface area contributed by atoms with Crippen LogP contribution in [0.25, 0.3) is 11.0 Å². The first-order chi connectivity index (χ1) is 9.96. The van der Waals surface area contributed by atoms with Crippen LogP contribution < -0.4 is 5.73 Å². The van der Waals surface area contributed by atoms with E-state index in [9.17, 15) is 10.2 Å². The molecule has 3 heterocycles. The van der Waals surface area contributed by atoms with Gasteiger partial charge in [-0.25, -0.2) is 9.97 Å². The van der Waals surface area contributed by atoms with Crippen LogP contribution in [0.4, 0.5) is 5.82 Å². The zero-order valence-corrected chi connectivity index (χ0v) is 12.1. The van der Waals surface area contributed by atoms with Crippen molar-refractivity contribution in [2.24, 2.45) is 0 Å². The van der Waals surface area contributed by atoms with Crippen LogP contribution in [0.3, 0.4) is 0 Å².